The first kappa shape index (κ1) is 19.8. The molecule has 1 aromatic carbocycles. The van der Waals surface area contributed by atoms with E-state index in [2.05, 4.69) is 10.2 Å². The summed E-state index contributed by atoms with van der Waals surface area (Å²) in [5.41, 5.74) is 1.53. The summed E-state index contributed by atoms with van der Waals surface area (Å²) in [7, 11) is -3.75. The number of hydrogen-bond donors (Lipinski definition) is 0. The number of rotatable bonds is 4. The van der Waals surface area contributed by atoms with E-state index in [0.717, 1.165) is 12.0 Å². The Balaban J connectivity index is 1.59. The van der Waals surface area contributed by atoms with Crippen LogP contribution in [0.15, 0.2) is 38.3 Å². The third-order valence-corrected chi connectivity index (χ3v) is 8.19. The Hall–Kier alpha value is -1.45. The maximum absolute atomic E-state index is 13.2. The number of hydrogen-bond acceptors (Lipinski definition) is 6. The molecule has 0 bridgehead atoms. The highest BCUT2D eigenvalue weighted by Crippen LogP contribution is 2.35. The van der Waals surface area contributed by atoms with E-state index in [1.54, 1.807) is 18.3 Å². The normalized spacial score (nSPS) is 18.5. The van der Waals surface area contributed by atoms with E-state index in [0.29, 0.717) is 35.3 Å². The zero-order chi connectivity index (χ0) is 19.9. The van der Waals surface area contributed by atoms with Gasteiger partial charge >= 0.3 is 0 Å². The van der Waals surface area contributed by atoms with Crippen molar-refractivity contribution in [2.24, 2.45) is 0 Å². The average Bonchev–Trinajstić information content (AvgIpc) is 3.36. The third kappa shape index (κ3) is 3.71. The number of aryl methyl sites for hydroxylation is 1. The molecule has 1 aliphatic heterocycles. The van der Waals surface area contributed by atoms with Gasteiger partial charge in [-0.15, -0.1) is 10.2 Å². The average molecular weight is 458 g/mol. The Bertz CT molecular complexity index is 1100. The summed E-state index contributed by atoms with van der Waals surface area (Å²) in [5, 5.41) is 12.7. The quantitative estimate of drug-likeness (QED) is 0.551. The number of halogens is 2. The van der Waals surface area contributed by atoms with Gasteiger partial charge in [0, 0.05) is 29.1 Å². The van der Waals surface area contributed by atoms with Crippen LogP contribution in [0.25, 0.3) is 11.5 Å². The van der Waals surface area contributed by atoms with Gasteiger partial charge in [0.15, 0.2) is 0 Å². The molecule has 1 saturated heterocycles. The van der Waals surface area contributed by atoms with Crippen LogP contribution < -0.4 is 0 Å². The van der Waals surface area contributed by atoms with Crippen LogP contribution in [-0.4, -0.2) is 36.0 Å². The lowest BCUT2D eigenvalue weighted by Crippen LogP contribution is -2.39. The van der Waals surface area contributed by atoms with E-state index in [4.69, 9.17) is 27.6 Å². The summed E-state index contributed by atoms with van der Waals surface area (Å²) in [6, 6.07) is 4.90. The lowest BCUT2D eigenvalue weighted by molar-refractivity contribution is 0.286. The van der Waals surface area contributed by atoms with E-state index in [9.17, 15) is 8.42 Å². The predicted molar refractivity (Wildman–Crippen MR) is 110 cm³/mol. The van der Waals surface area contributed by atoms with Gasteiger partial charge in [0.25, 0.3) is 0 Å². The zero-order valence-electron chi connectivity index (χ0n) is 14.9. The second kappa shape index (κ2) is 7.76. The lowest BCUT2D eigenvalue weighted by Gasteiger charge is -2.30. The number of aromatic nitrogens is 2. The standard InChI is InChI=1S/C18H17Cl2N3O3S2/c1-11-7-16(15(20)8-14(11)19)28(24,25)23-5-2-3-12(9-23)17-21-22-18(26-17)13-4-6-27-10-13/h4,6-8,10,12H,2-3,5,9H2,1H3. The number of piperidine rings is 1. The molecule has 4 rings (SSSR count). The minimum Gasteiger partial charge on any atom is -0.420 e. The second-order valence-electron chi connectivity index (χ2n) is 6.69. The van der Waals surface area contributed by atoms with Gasteiger partial charge in [0.2, 0.25) is 21.8 Å². The fourth-order valence-corrected chi connectivity index (χ4v) is 6.19. The molecule has 3 heterocycles. The van der Waals surface area contributed by atoms with Crippen LogP contribution in [0.5, 0.6) is 0 Å². The lowest BCUT2D eigenvalue weighted by atomic mass is 10.00. The van der Waals surface area contributed by atoms with Gasteiger partial charge in [0.1, 0.15) is 4.90 Å². The fourth-order valence-electron chi connectivity index (χ4n) is 3.23. The molecule has 1 atom stereocenters. The van der Waals surface area contributed by atoms with Gasteiger partial charge in [-0.2, -0.15) is 15.6 Å². The number of benzene rings is 1. The summed E-state index contributed by atoms with van der Waals surface area (Å²) < 4.78 is 33.6. The molecule has 0 aliphatic carbocycles. The van der Waals surface area contributed by atoms with Crippen molar-refractivity contribution in [2.45, 2.75) is 30.6 Å². The molecular formula is C18H17Cl2N3O3S2. The largest absolute Gasteiger partial charge is 0.420 e. The number of sulfonamides is 1. The van der Waals surface area contributed by atoms with Crippen molar-refractivity contribution >= 4 is 44.6 Å². The molecule has 148 valence electrons. The van der Waals surface area contributed by atoms with E-state index >= 15 is 0 Å². The van der Waals surface area contributed by atoms with Gasteiger partial charge in [-0.1, -0.05) is 23.2 Å². The number of nitrogens with zero attached hydrogens (tertiary/aromatic N) is 3. The first-order valence-electron chi connectivity index (χ1n) is 8.68. The summed E-state index contributed by atoms with van der Waals surface area (Å²) in [5.74, 6) is 0.752. The van der Waals surface area contributed by atoms with Crippen LogP contribution in [0.2, 0.25) is 10.0 Å². The van der Waals surface area contributed by atoms with Gasteiger partial charge in [-0.05, 0) is 48.9 Å². The maximum Gasteiger partial charge on any atom is 0.248 e. The molecule has 1 fully saturated rings. The van der Waals surface area contributed by atoms with Crippen molar-refractivity contribution < 1.29 is 12.8 Å². The molecule has 0 radical (unpaired) electrons. The summed E-state index contributed by atoms with van der Waals surface area (Å²) in [6.07, 6.45) is 1.48. The molecule has 0 N–H and O–H groups in total. The van der Waals surface area contributed by atoms with Gasteiger partial charge in [0.05, 0.1) is 10.9 Å². The SMILES string of the molecule is Cc1cc(S(=O)(=O)N2CCCC(c3nnc(-c4ccsc4)o3)C2)c(Cl)cc1Cl. The van der Waals surface area contributed by atoms with Crippen LogP contribution in [0, 0.1) is 6.92 Å². The van der Waals surface area contributed by atoms with E-state index in [1.165, 1.54) is 16.4 Å². The fraction of sp³-hybridized carbons (Fsp3) is 0.333. The van der Waals surface area contributed by atoms with Gasteiger partial charge in [-0.3, -0.25) is 0 Å². The van der Waals surface area contributed by atoms with Crippen molar-refractivity contribution in [3.63, 3.8) is 0 Å². The molecule has 3 aromatic rings. The van der Waals surface area contributed by atoms with E-state index < -0.39 is 10.0 Å². The molecule has 1 aliphatic rings. The highest BCUT2D eigenvalue weighted by Gasteiger charge is 2.34. The van der Waals surface area contributed by atoms with E-state index in [-0.39, 0.29) is 22.4 Å². The summed E-state index contributed by atoms with van der Waals surface area (Å²) in [6.45, 7) is 2.44. The van der Waals surface area contributed by atoms with Gasteiger partial charge < -0.3 is 4.42 Å². The van der Waals surface area contributed by atoms with Crippen molar-refractivity contribution in [1.29, 1.82) is 0 Å². The van der Waals surface area contributed by atoms with Crippen LogP contribution in [0.1, 0.15) is 30.2 Å². The van der Waals surface area contributed by atoms with Crippen LogP contribution in [0.3, 0.4) is 0 Å². The van der Waals surface area contributed by atoms with Gasteiger partial charge in [-0.25, -0.2) is 8.42 Å². The molecular weight excluding hydrogens is 441 g/mol. The van der Waals surface area contributed by atoms with E-state index in [1.807, 2.05) is 16.8 Å². The first-order chi connectivity index (χ1) is 13.4. The molecule has 10 heteroatoms. The van der Waals surface area contributed by atoms with Crippen molar-refractivity contribution in [1.82, 2.24) is 14.5 Å². The van der Waals surface area contributed by atoms with Crippen LogP contribution >= 0.6 is 34.5 Å². The summed E-state index contributed by atoms with van der Waals surface area (Å²) >= 11 is 13.8. The Labute approximate surface area is 177 Å². The maximum atomic E-state index is 13.2. The van der Waals surface area contributed by atoms with Crippen molar-refractivity contribution in [3.8, 4) is 11.5 Å². The molecule has 1 unspecified atom stereocenters. The third-order valence-electron chi connectivity index (χ3n) is 4.77. The topological polar surface area (TPSA) is 76.3 Å². The zero-order valence-corrected chi connectivity index (χ0v) is 18.1. The Kier molecular flexibility index (Phi) is 5.50. The summed E-state index contributed by atoms with van der Waals surface area (Å²) in [4.78, 5) is 0.0706. The van der Waals surface area contributed by atoms with Crippen LogP contribution in [0.4, 0.5) is 0 Å². The Morgan fingerprint density at radius 2 is 2.07 bits per heavy atom. The molecule has 0 amide bonds. The molecule has 6 nitrogen and oxygen atoms in total. The highest BCUT2D eigenvalue weighted by molar-refractivity contribution is 7.89. The highest BCUT2D eigenvalue weighted by atomic mass is 35.5. The minimum atomic E-state index is -3.75. The second-order valence-corrected chi connectivity index (χ2v) is 10.2. The Morgan fingerprint density at radius 3 is 2.82 bits per heavy atom. The molecule has 0 spiro atoms. The monoisotopic (exact) mass is 457 g/mol. The minimum absolute atomic E-state index is 0.0706. The number of thiophene rings is 1. The van der Waals surface area contributed by atoms with Crippen molar-refractivity contribution in [3.05, 3.63) is 50.5 Å². The van der Waals surface area contributed by atoms with Crippen LogP contribution in [-0.2, 0) is 10.0 Å². The first-order valence-corrected chi connectivity index (χ1v) is 11.8. The Morgan fingerprint density at radius 1 is 1.25 bits per heavy atom. The smallest absolute Gasteiger partial charge is 0.248 e. The molecule has 2 aromatic heterocycles. The molecule has 0 saturated carbocycles. The predicted octanol–water partition coefficient (Wildman–Crippen LogP) is 4.98. The van der Waals surface area contributed by atoms with Crippen molar-refractivity contribution in [2.75, 3.05) is 13.1 Å². The molecule has 28 heavy (non-hydrogen) atoms.